The number of aromatic nitrogens is 1. The molecule has 18 heavy (non-hydrogen) atoms. The maximum absolute atomic E-state index is 7.24. The molecule has 0 amide bonds. The third kappa shape index (κ3) is 3.05. The van der Waals surface area contributed by atoms with Crippen molar-refractivity contribution in [1.82, 2.24) is 9.88 Å². The van der Waals surface area contributed by atoms with E-state index in [9.17, 15) is 0 Å². The summed E-state index contributed by atoms with van der Waals surface area (Å²) in [7, 11) is 2.04. The van der Waals surface area contributed by atoms with Gasteiger partial charge in [-0.1, -0.05) is 18.2 Å². The van der Waals surface area contributed by atoms with E-state index < -0.39 is 0 Å². The van der Waals surface area contributed by atoms with Crippen molar-refractivity contribution < 1.29 is 0 Å². The number of benzene rings is 1. The molecular weight excluding hydrogens is 224 g/mol. The minimum atomic E-state index is 0.237. The summed E-state index contributed by atoms with van der Waals surface area (Å²) in [6.45, 7) is 1.64. The number of nitrogens with zero attached hydrogens (tertiary/aromatic N) is 2. The molecule has 1 heterocycles. The predicted molar refractivity (Wildman–Crippen MR) is 74.6 cm³/mol. The van der Waals surface area contributed by atoms with Gasteiger partial charge in [-0.15, -0.1) is 0 Å². The third-order valence-corrected chi connectivity index (χ3v) is 2.94. The zero-order valence-corrected chi connectivity index (χ0v) is 10.6. The predicted octanol–water partition coefficient (Wildman–Crippen LogP) is 1.99. The molecular formula is C14H18N4. The second-order valence-electron chi connectivity index (χ2n) is 4.50. The lowest BCUT2D eigenvalue weighted by Crippen LogP contribution is -2.24. The average Bonchev–Trinajstić information content (AvgIpc) is 2.37. The molecule has 0 saturated heterocycles. The molecule has 0 fully saturated rings. The first-order valence-electron chi connectivity index (χ1n) is 6.01. The van der Waals surface area contributed by atoms with Crippen LogP contribution in [0.3, 0.4) is 0 Å². The minimum Gasteiger partial charge on any atom is -0.388 e. The number of fused-ring (bicyclic) bond motifs is 1. The Kier molecular flexibility index (Phi) is 3.89. The molecule has 0 aliphatic heterocycles. The van der Waals surface area contributed by atoms with Gasteiger partial charge in [-0.3, -0.25) is 10.4 Å². The Hall–Kier alpha value is -1.94. The molecule has 0 radical (unpaired) electrons. The second kappa shape index (κ2) is 5.60. The summed E-state index contributed by atoms with van der Waals surface area (Å²) in [5.74, 6) is 0.237. The molecule has 2 rings (SSSR count). The Labute approximate surface area is 107 Å². The molecule has 94 valence electrons. The normalized spacial score (nSPS) is 11.0. The first-order valence-corrected chi connectivity index (χ1v) is 6.01. The number of nitrogens with one attached hydrogen (secondary N) is 1. The number of amidine groups is 1. The summed E-state index contributed by atoms with van der Waals surface area (Å²) in [5.41, 5.74) is 7.65. The second-order valence-corrected chi connectivity index (χ2v) is 4.50. The van der Waals surface area contributed by atoms with Crippen molar-refractivity contribution in [2.75, 3.05) is 13.6 Å². The van der Waals surface area contributed by atoms with Crippen molar-refractivity contribution in [3.05, 3.63) is 42.1 Å². The van der Waals surface area contributed by atoms with Crippen LogP contribution in [0, 0.1) is 5.41 Å². The van der Waals surface area contributed by atoms with Crippen LogP contribution in [-0.2, 0) is 6.54 Å². The van der Waals surface area contributed by atoms with Crippen LogP contribution in [0.25, 0.3) is 10.9 Å². The highest BCUT2D eigenvalue weighted by atomic mass is 15.1. The maximum atomic E-state index is 7.24. The van der Waals surface area contributed by atoms with Gasteiger partial charge >= 0.3 is 0 Å². The van der Waals surface area contributed by atoms with E-state index in [2.05, 4.69) is 16.0 Å². The lowest BCUT2D eigenvalue weighted by molar-refractivity contribution is 0.337. The molecule has 0 spiro atoms. The van der Waals surface area contributed by atoms with Gasteiger partial charge in [-0.2, -0.15) is 0 Å². The molecule has 3 N–H and O–H groups in total. The average molecular weight is 242 g/mol. The lowest BCUT2D eigenvalue weighted by atomic mass is 10.1. The number of hydrogen-bond donors (Lipinski definition) is 2. The minimum absolute atomic E-state index is 0.237. The van der Waals surface area contributed by atoms with E-state index in [0.29, 0.717) is 6.42 Å². The van der Waals surface area contributed by atoms with Crippen molar-refractivity contribution in [3.8, 4) is 0 Å². The van der Waals surface area contributed by atoms with Gasteiger partial charge in [0.15, 0.2) is 0 Å². The monoisotopic (exact) mass is 242 g/mol. The third-order valence-electron chi connectivity index (χ3n) is 2.94. The Balaban J connectivity index is 2.14. The zero-order valence-electron chi connectivity index (χ0n) is 10.6. The Morgan fingerprint density at radius 2 is 2.11 bits per heavy atom. The largest absolute Gasteiger partial charge is 0.388 e. The van der Waals surface area contributed by atoms with Crippen molar-refractivity contribution in [3.63, 3.8) is 0 Å². The molecule has 0 bridgehead atoms. The number of nitrogens with two attached hydrogens (primary N) is 1. The number of pyridine rings is 1. The lowest BCUT2D eigenvalue weighted by Gasteiger charge is -2.17. The van der Waals surface area contributed by atoms with E-state index in [0.717, 1.165) is 18.6 Å². The topological polar surface area (TPSA) is 66.0 Å². The standard InChI is InChI=1S/C14H18N4/c1-18(9-7-14(15)16)10-11-6-8-17-13-5-3-2-4-12(11)13/h2-6,8H,7,9-10H2,1H3,(H3,15,16). The van der Waals surface area contributed by atoms with Crippen LogP contribution in [0.4, 0.5) is 0 Å². The highest BCUT2D eigenvalue weighted by Gasteiger charge is 2.05. The SMILES string of the molecule is CN(CCC(=N)N)Cc1ccnc2ccccc12. The summed E-state index contributed by atoms with van der Waals surface area (Å²) in [6, 6.07) is 10.2. The van der Waals surface area contributed by atoms with Crippen LogP contribution in [0.15, 0.2) is 36.5 Å². The van der Waals surface area contributed by atoms with Crippen molar-refractivity contribution in [2.24, 2.45) is 5.73 Å². The van der Waals surface area contributed by atoms with E-state index in [-0.39, 0.29) is 5.84 Å². The summed E-state index contributed by atoms with van der Waals surface area (Å²) in [6.07, 6.45) is 2.45. The van der Waals surface area contributed by atoms with Crippen LogP contribution < -0.4 is 5.73 Å². The molecule has 1 aromatic carbocycles. The first-order chi connectivity index (χ1) is 8.66. The van der Waals surface area contributed by atoms with Gasteiger partial charge in [-0.05, 0) is 24.7 Å². The maximum Gasteiger partial charge on any atom is 0.0918 e. The Bertz CT molecular complexity index is 545. The summed E-state index contributed by atoms with van der Waals surface area (Å²) in [5, 5.41) is 8.43. The molecule has 0 aliphatic carbocycles. The van der Waals surface area contributed by atoms with Gasteiger partial charge in [0.25, 0.3) is 0 Å². The fourth-order valence-electron chi connectivity index (χ4n) is 1.97. The van der Waals surface area contributed by atoms with Crippen LogP contribution in [0.1, 0.15) is 12.0 Å². The van der Waals surface area contributed by atoms with Crippen LogP contribution in [-0.4, -0.2) is 29.3 Å². The molecule has 0 atom stereocenters. The van der Waals surface area contributed by atoms with Crippen LogP contribution in [0.5, 0.6) is 0 Å². The highest BCUT2D eigenvalue weighted by molar-refractivity contribution is 5.81. The molecule has 0 unspecified atom stereocenters. The van der Waals surface area contributed by atoms with Gasteiger partial charge in [0.1, 0.15) is 0 Å². The quantitative estimate of drug-likeness (QED) is 0.622. The van der Waals surface area contributed by atoms with E-state index >= 15 is 0 Å². The highest BCUT2D eigenvalue weighted by Crippen LogP contribution is 2.17. The number of para-hydroxylation sites is 1. The Morgan fingerprint density at radius 1 is 1.33 bits per heavy atom. The van der Waals surface area contributed by atoms with E-state index in [1.165, 1.54) is 10.9 Å². The van der Waals surface area contributed by atoms with E-state index in [1.807, 2.05) is 37.5 Å². The van der Waals surface area contributed by atoms with Gasteiger partial charge in [0.2, 0.25) is 0 Å². The fourth-order valence-corrected chi connectivity index (χ4v) is 1.97. The summed E-state index contributed by atoms with van der Waals surface area (Å²) < 4.78 is 0. The molecule has 4 nitrogen and oxygen atoms in total. The van der Waals surface area contributed by atoms with Gasteiger partial charge in [0.05, 0.1) is 11.4 Å². The van der Waals surface area contributed by atoms with Crippen LogP contribution in [0.2, 0.25) is 0 Å². The summed E-state index contributed by atoms with van der Waals surface area (Å²) in [4.78, 5) is 6.52. The first kappa shape index (κ1) is 12.5. The molecule has 2 aromatic rings. The fraction of sp³-hybridized carbons (Fsp3) is 0.286. The molecule has 4 heteroatoms. The van der Waals surface area contributed by atoms with Crippen molar-refractivity contribution in [1.29, 1.82) is 5.41 Å². The van der Waals surface area contributed by atoms with Crippen molar-refractivity contribution >= 4 is 16.7 Å². The number of hydrogen-bond acceptors (Lipinski definition) is 3. The molecule has 0 aliphatic rings. The smallest absolute Gasteiger partial charge is 0.0918 e. The Morgan fingerprint density at radius 3 is 2.89 bits per heavy atom. The van der Waals surface area contributed by atoms with E-state index in [1.54, 1.807) is 0 Å². The van der Waals surface area contributed by atoms with Gasteiger partial charge in [-0.25, -0.2) is 0 Å². The summed E-state index contributed by atoms with van der Waals surface area (Å²) >= 11 is 0. The van der Waals surface area contributed by atoms with Gasteiger partial charge in [0, 0.05) is 31.1 Å². The van der Waals surface area contributed by atoms with E-state index in [4.69, 9.17) is 11.1 Å². The number of rotatable bonds is 5. The molecule has 0 saturated carbocycles. The molecule has 1 aromatic heterocycles. The van der Waals surface area contributed by atoms with Crippen molar-refractivity contribution in [2.45, 2.75) is 13.0 Å². The van der Waals surface area contributed by atoms with Gasteiger partial charge < -0.3 is 10.6 Å². The zero-order chi connectivity index (χ0) is 13.0. The van der Waals surface area contributed by atoms with Crippen LogP contribution >= 0.6 is 0 Å².